The summed E-state index contributed by atoms with van der Waals surface area (Å²) in [6, 6.07) is 12.8. The molecule has 148 valence electrons. The molecule has 1 aliphatic carbocycles. The van der Waals surface area contributed by atoms with Crippen molar-refractivity contribution in [3.05, 3.63) is 51.7 Å². The van der Waals surface area contributed by atoms with Crippen molar-refractivity contribution in [2.24, 2.45) is 11.8 Å². The maximum atomic E-state index is 12.6. The Morgan fingerprint density at radius 2 is 1.71 bits per heavy atom. The molecule has 4 rings (SSSR count). The topological polar surface area (TPSA) is 58.6 Å². The number of amides is 2. The number of ether oxygens (including phenoxy) is 1. The molecule has 0 spiro atoms. The highest BCUT2D eigenvalue weighted by Crippen LogP contribution is 2.39. The van der Waals surface area contributed by atoms with Crippen molar-refractivity contribution in [1.82, 2.24) is 10.2 Å². The highest BCUT2D eigenvalue weighted by atomic mass is 35.5. The first-order valence-electron chi connectivity index (χ1n) is 9.68. The second kappa shape index (κ2) is 8.53. The van der Waals surface area contributed by atoms with Crippen molar-refractivity contribution in [3.8, 4) is 5.75 Å². The van der Waals surface area contributed by atoms with E-state index in [4.69, 9.17) is 16.3 Å². The van der Waals surface area contributed by atoms with E-state index in [0.29, 0.717) is 39.9 Å². The van der Waals surface area contributed by atoms with Gasteiger partial charge in [0.25, 0.3) is 5.91 Å². The van der Waals surface area contributed by atoms with E-state index in [1.807, 2.05) is 18.2 Å². The summed E-state index contributed by atoms with van der Waals surface area (Å²) in [7, 11) is 0. The van der Waals surface area contributed by atoms with Gasteiger partial charge in [0.05, 0.1) is 9.21 Å². The van der Waals surface area contributed by atoms with Crippen LogP contribution in [-0.2, 0) is 0 Å². The van der Waals surface area contributed by atoms with Crippen molar-refractivity contribution >= 4 is 34.9 Å². The Balaban J connectivity index is 1.32. The Morgan fingerprint density at radius 3 is 2.32 bits per heavy atom. The van der Waals surface area contributed by atoms with Gasteiger partial charge >= 0.3 is 6.09 Å². The van der Waals surface area contributed by atoms with Crippen LogP contribution in [0.3, 0.4) is 0 Å². The van der Waals surface area contributed by atoms with Gasteiger partial charge < -0.3 is 15.0 Å². The number of thiophene rings is 1. The maximum absolute atomic E-state index is 12.6. The number of likely N-dealkylation sites (tertiary alicyclic amines) is 1. The summed E-state index contributed by atoms with van der Waals surface area (Å²) in [5, 5.41) is 3.24. The zero-order valence-corrected chi connectivity index (χ0v) is 17.0. The molecular weight excluding hydrogens is 396 g/mol. The molecule has 0 bridgehead atoms. The summed E-state index contributed by atoms with van der Waals surface area (Å²) in [4.78, 5) is 27.4. The summed E-state index contributed by atoms with van der Waals surface area (Å²) in [6.45, 7) is 1.31. The van der Waals surface area contributed by atoms with E-state index in [1.165, 1.54) is 11.3 Å². The molecule has 1 atom stereocenters. The fraction of sp³-hybridized carbons (Fsp3) is 0.429. The molecule has 1 saturated carbocycles. The maximum Gasteiger partial charge on any atom is 0.415 e. The normalized spacial score (nSPS) is 18.5. The lowest BCUT2D eigenvalue weighted by Gasteiger charge is -2.36. The minimum atomic E-state index is -0.301. The number of halogens is 1. The highest BCUT2D eigenvalue weighted by molar-refractivity contribution is 7.18. The summed E-state index contributed by atoms with van der Waals surface area (Å²) in [5.74, 6) is 1.45. The quantitative estimate of drug-likeness (QED) is 0.757. The molecule has 1 aromatic heterocycles. The predicted molar refractivity (Wildman–Crippen MR) is 110 cm³/mol. The Morgan fingerprint density at radius 1 is 1.04 bits per heavy atom. The number of benzene rings is 1. The predicted octanol–water partition coefficient (Wildman–Crippen LogP) is 4.82. The van der Waals surface area contributed by atoms with Gasteiger partial charge in [0.15, 0.2) is 0 Å². The van der Waals surface area contributed by atoms with Gasteiger partial charge in [-0.25, -0.2) is 4.79 Å². The summed E-state index contributed by atoms with van der Waals surface area (Å²) >= 11 is 7.26. The Bertz CT molecular complexity index is 829. The van der Waals surface area contributed by atoms with Crippen molar-refractivity contribution in [3.63, 3.8) is 0 Å². The van der Waals surface area contributed by atoms with E-state index >= 15 is 0 Å². The molecule has 7 heteroatoms. The summed E-state index contributed by atoms with van der Waals surface area (Å²) in [5.41, 5.74) is 0. The van der Waals surface area contributed by atoms with Crippen LogP contribution in [0.4, 0.5) is 4.79 Å². The number of para-hydroxylation sites is 1. The number of hydrogen-bond acceptors (Lipinski definition) is 4. The largest absolute Gasteiger partial charge is 0.415 e. The number of piperidine rings is 1. The van der Waals surface area contributed by atoms with Crippen LogP contribution in [0, 0.1) is 11.8 Å². The third-order valence-electron chi connectivity index (χ3n) is 5.48. The zero-order chi connectivity index (χ0) is 19.5. The number of hydrogen-bond donors (Lipinski definition) is 1. The molecule has 1 saturated heterocycles. The third-order valence-corrected chi connectivity index (χ3v) is 6.71. The molecule has 2 amide bonds. The molecule has 1 aromatic carbocycles. The van der Waals surface area contributed by atoms with Crippen molar-refractivity contribution in [2.75, 3.05) is 13.1 Å². The van der Waals surface area contributed by atoms with Gasteiger partial charge in [-0.1, -0.05) is 29.8 Å². The highest BCUT2D eigenvalue weighted by Gasteiger charge is 2.39. The Labute approximate surface area is 173 Å². The average molecular weight is 419 g/mol. The average Bonchev–Trinajstić information content (AvgIpc) is 3.46. The van der Waals surface area contributed by atoms with Crippen LogP contribution in [0.15, 0.2) is 42.5 Å². The SMILES string of the molecule is O=C(NC(C1CC1)C1CCN(C(=O)Oc2ccccc2)CC1)c1ccc(Cl)s1. The van der Waals surface area contributed by atoms with Gasteiger partial charge in [0.1, 0.15) is 5.75 Å². The van der Waals surface area contributed by atoms with Gasteiger partial charge in [-0.2, -0.15) is 0 Å². The first-order chi connectivity index (χ1) is 13.6. The number of rotatable bonds is 5. The van der Waals surface area contributed by atoms with Crippen LogP contribution in [-0.4, -0.2) is 36.0 Å². The van der Waals surface area contributed by atoms with Gasteiger partial charge in [0, 0.05) is 19.1 Å². The van der Waals surface area contributed by atoms with Gasteiger partial charge in [-0.3, -0.25) is 4.79 Å². The second-order valence-electron chi connectivity index (χ2n) is 7.45. The van der Waals surface area contributed by atoms with E-state index < -0.39 is 0 Å². The second-order valence-corrected chi connectivity index (χ2v) is 9.16. The summed E-state index contributed by atoms with van der Waals surface area (Å²) in [6.07, 6.45) is 3.76. The molecule has 2 aliphatic rings. The van der Waals surface area contributed by atoms with Crippen molar-refractivity contribution in [2.45, 2.75) is 31.7 Å². The standard InChI is InChI=1S/C21H23ClN2O3S/c22-18-9-8-17(28-18)20(25)23-19(14-6-7-14)15-10-12-24(13-11-15)21(26)27-16-4-2-1-3-5-16/h1-5,8-9,14-15,19H,6-7,10-13H2,(H,23,25). The minimum absolute atomic E-state index is 0.0419. The van der Waals surface area contributed by atoms with E-state index in [1.54, 1.807) is 29.2 Å². The number of nitrogens with one attached hydrogen (secondary N) is 1. The molecule has 5 nitrogen and oxygen atoms in total. The number of carbonyl (C=O) groups is 2. The molecule has 2 heterocycles. The smallest absolute Gasteiger partial charge is 0.410 e. The lowest BCUT2D eigenvalue weighted by atomic mass is 9.86. The molecule has 1 N–H and O–H groups in total. The van der Waals surface area contributed by atoms with Crippen molar-refractivity contribution in [1.29, 1.82) is 0 Å². The van der Waals surface area contributed by atoms with Crippen LogP contribution in [0.5, 0.6) is 5.75 Å². The minimum Gasteiger partial charge on any atom is -0.410 e. The monoisotopic (exact) mass is 418 g/mol. The number of nitrogens with zero attached hydrogens (tertiary/aromatic N) is 1. The van der Waals surface area contributed by atoms with Crippen molar-refractivity contribution < 1.29 is 14.3 Å². The van der Waals surface area contributed by atoms with Crippen LogP contribution in [0.2, 0.25) is 4.34 Å². The fourth-order valence-electron chi connectivity index (χ4n) is 3.83. The van der Waals surface area contributed by atoms with E-state index in [9.17, 15) is 9.59 Å². The van der Waals surface area contributed by atoms with E-state index in [-0.39, 0.29) is 18.0 Å². The molecule has 28 heavy (non-hydrogen) atoms. The molecule has 1 aliphatic heterocycles. The molecule has 2 aromatic rings. The lowest BCUT2D eigenvalue weighted by molar-refractivity contribution is 0.0874. The first kappa shape index (κ1) is 19.3. The first-order valence-corrected chi connectivity index (χ1v) is 10.9. The third kappa shape index (κ3) is 4.67. The molecule has 2 fully saturated rings. The Hall–Kier alpha value is -2.05. The Kier molecular flexibility index (Phi) is 5.87. The van der Waals surface area contributed by atoms with Crippen LogP contribution in [0.25, 0.3) is 0 Å². The van der Waals surface area contributed by atoms with Gasteiger partial charge in [-0.05, 0) is 61.8 Å². The fourth-order valence-corrected chi connectivity index (χ4v) is 4.78. The lowest BCUT2D eigenvalue weighted by Crippen LogP contribution is -2.48. The van der Waals surface area contributed by atoms with E-state index in [0.717, 1.165) is 25.7 Å². The number of carbonyl (C=O) groups excluding carboxylic acids is 2. The van der Waals surface area contributed by atoms with Gasteiger partial charge in [-0.15, -0.1) is 11.3 Å². The molecule has 0 radical (unpaired) electrons. The zero-order valence-electron chi connectivity index (χ0n) is 15.5. The summed E-state index contributed by atoms with van der Waals surface area (Å²) < 4.78 is 6.06. The van der Waals surface area contributed by atoms with Gasteiger partial charge in [0.2, 0.25) is 0 Å². The van der Waals surface area contributed by atoms with E-state index in [2.05, 4.69) is 5.32 Å². The molecule has 1 unspecified atom stereocenters. The van der Waals surface area contributed by atoms with Crippen LogP contribution >= 0.6 is 22.9 Å². The van der Waals surface area contributed by atoms with Crippen LogP contribution < -0.4 is 10.1 Å². The van der Waals surface area contributed by atoms with Crippen LogP contribution in [0.1, 0.15) is 35.4 Å². The molecular formula is C21H23ClN2O3S.